The Morgan fingerprint density at radius 1 is 1.22 bits per heavy atom. The fraction of sp³-hybridized carbons (Fsp3) is 0.250. The lowest BCUT2D eigenvalue weighted by molar-refractivity contribution is -0.116. The van der Waals surface area contributed by atoms with Gasteiger partial charge in [-0.05, 0) is 25.2 Å². The molecule has 0 aliphatic rings. The second kappa shape index (κ2) is 8.30. The number of anilines is 1. The molecule has 0 fully saturated rings. The molecule has 11 heteroatoms. The highest BCUT2D eigenvalue weighted by Gasteiger charge is 2.23. The summed E-state index contributed by atoms with van der Waals surface area (Å²) in [6.07, 6.45) is 1.32. The fourth-order valence-corrected chi connectivity index (χ4v) is 3.58. The SMILES string of the molecule is CNS(=O)(=O)c1cc(C(=O)N(C)CC(=O)Nc2c(Cl)cccc2Cl)n(C)c1. The van der Waals surface area contributed by atoms with Crippen LogP contribution >= 0.6 is 23.2 Å². The summed E-state index contributed by atoms with van der Waals surface area (Å²) in [4.78, 5) is 25.9. The minimum absolute atomic E-state index is 0.0449. The quantitative estimate of drug-likeness (QED) is 0.727. The van der Waals surface area contributed by atoms with Crippen LogP contribution in [0.2, 0.25) is 10.0 Å². The average molecular weight is 433 g/mol. The minimum atomic E-state index is -3.68. The predicted molar refractivity (Wildman–Crippen MR) is 104 cm³/mol. The van der Waals surface area contributed by atoms with E-state index in [9.17, 15) is 18.0 Å². The van der Waals surface area contributed by atoms with Gasteiger partial charge in [-0.25, -0.2) is 13.1 Å². The topological polar surface area (TPSA) is 101 Å². The lowest BCUT2D eigenvalue weighted by Gasteiger charge is -2.17. The maximum atomic E-state index is 12.6. The highest BCUT2D eigenvalue weighted by molar-refractivity contribution is 7.89. The number of carbonyl (C=O) groups excluding carboxylic acids is 2. The van der Waals surface area contributed by atoms with E-state index in [1.54, 1.807) is 25.2 Å². The molecule has 1 aromatic heterocycles. The number of aromatic nitrogens is 1. The molecular weight excluding hydrogens is 415 g/mol. The molecule has 2 N–H and O–H groups in total. The first kappa shape index (κ1) is 21.2. The first-order chi connectivity index (χ1) is 12.6. The molecule has 2 rings (SSSR count). The first-order valence-electron chi connectivity index (χ1n) is 7.66. The lowest BCUT2D eigenvalue weighted by atomic mass is 10.3. The van der Waals surface area contributed by atoms with E-state index in [1.807, 2.05) is 0 Å². The van der Waals surface area contributed by atoms with Crippen molar-refractivity contribution in [1.82, 2.24) is 14.2 Å². The number of benzene rings is 1. The van der Waals surface area contributed by atoms with Gasteiger partial charge in [0.05, 0.1) is 22.3 Å². The Labute approximate surface area is 167 Å². The van der Waals surface area contributed by atoms with Crippen LogP contribution in [0.4, 0.5) is 5.69 Å². The Morgan fingerprint density at radius 2 is 1.81 bits per heavy atom. The van der Waals surface area contributed by atoms with E-state index in [0.29, 0.717) is 0 Å². The average Bonchev–Trinajstić information content (AvgIpc) is 3.00. The van der Waals surface area contributed by atoms with E-state index >= 15 is 0 Å². The summed E-state index contributed by atoms with van der Waals surface area (Å²) in [7, 11) is 0.562. The van der Waals surface area contributed by atoms with Crippen LogP contribution in [-0.4, -0.2) is 50.3 Å². The summed E-state index contributed by atoms with van der Waals surface area (Å²) in [5.41, 5.74) is 0.378. The number of aryl methyl sites for hydroxylation is 1. The molecule has 0 unspecified atom stereocenters. The molecule has 27 heavy (non-hydrogen) atoms. The highest BCUT2D eigenvalue weighted by atomic mass is 35.5. The van der Waals surface area contributed by atoms with Crippen molar-refractivity contribution in [3.05, 3.63) is 46.2 Å². The zero-order chi connectivity index (χ0) is 20.4. The van der Waals surface area contributed by atoms with Crippen LogP contribution < -0.4 is 10.0 Å². The maximum Gasteiger partial charge on any atom is 0.270 e. The number of likely N-dealkylation sites (N-methyl/N-ethyl adjacent to an activating group) is 1. The molecule has 0 radical (unpaired) electrons. The molecule has 0 spiro atoms. The molecule has 0 atom stereocenters. The normalized spacial score (nSPS) is 11.3. The van der Waals surface area contributed by atoms with Gasteiger partial charge >= 0.3 is 0 Å². The number of rotatable bonds is 6. The second-order valence-corrected chi connectivity index (χ2v) is 8.39. The zero-order valence-corrected chi connectivity index (χ0v) is 17.1. The summed E-state index contributed by atoms with van der Waals surface area (Å²) in [5, 5.41) is 3.10. The lowest BCUT2D eigenvalue weighted by Crippen LogP contribution is -2.35. The zero-order valence-electron chi connectivity index (χ0n) is 14.8. The van der Waals surface area contributed by atoms with Crippen molar-refractivity contribution >= 4 is 50.7 Å². The Kier molecular flexibility index (Phi) is 6.53. The predicted octanol–water partition coefficient (Wildman–Crippen LogP) is 1.95. The third kappa shape index (κ3) is 4.81. The summed E-state index contributed by atoms with van der Waals surface area (Å²) >= 11 is 12.0. The Hall–Kier alpha value is -2.07. The largest absolute Gasteiger partial charge is 0.345 e. The van der Waals surface area contributed by atoms with Crippen LogP contribution in [0.15, 0.2) is 35.4 Å². The van der Waals surface area contributed by atoms with Gasteiger partial charge in [-0.1, -0.05) is 29.3 Å². The molecule has 2 aromatic rings. The van der Waals surface area contributed by atoms with E-state index in [2.05, 4.69) is 10.0 Å². The van der Waals surface area contributed by atoms with Crippen molar-refractivity contribution in [3.8, 4) is 0 Å². The Morgan fingerprint density at radius 3 is 2.37 bits per heavy atom. The van der Waals surface area contributed by atoms with Crippen LogP contribution in [-0.2, 0) is 21.9 Å². The van der Waals surface area contributed by atoms with E-state index in [4.69, 9.17) is 23.2 Å². The van der Waals surface area contributed by atoms with Crippen LogP contribution in [0.25, 0.3) is 0 Å². The number of nitrogens with one attached hydrogen (secondary N) is 2. The van der Waals surface area contributed by atoms with Gasteiger partial charge in [0.1, 0.15) is 10.6 Å². The van der Waals surface area contributed by atoms with Crippen molar-refractivity contribution in [2.24, 2.45) is 7.05 Å². The standard InChI is InChI=1S/C16H18Cl2N4O4S/c1-19-27(25,26)10-7-13(21(2)8-10)16(24)22(3)9-14(23)20-15-11(17)5-4-6-12(15)18/h4-8,19H,9H2,1-3H3,(H,20,23). The van der Waals surface area contributed by atoms with Gasteiger partial charge < -0.3 is 14.8 Å². The summed E-state index contributed by atoms with van der Waals surface area (Å²) in [6.45, 7) is -0.278. The number of hydrogen-bond acceptors (Lipinski definition) is 4. The number of amides is 2. The molecule has 0 aliphatic carbocycles. The molecule has 146 valence electrons. The number of halogens is 2. The van der Waals surface area contributed by atoms with E-state index in [1.165, 1.54) is 30.9 Å². The molecule has 2 amide bonds. The van der Waals surface area contributed by atoms with Gasteiger partial charge in [0.25, 0.3) is 5.91 Å². The van der Waals surface area contributed by atoms with Crippen LogP contribution in [0, 0.1) is 0 Å². The monoisotopic (exact) mass is 432 g/mol. The maximum absolute atomic E-state index is 12.6. The molecular formula is C16H18Cl2N4O4S. The van der Waals surface area contributed by atoms with Crippen LogP contribution in [0.1, 0.15) is 10.5 Å². The van der Waals surface area contributed by atoms with Crippen molar-refractivity contribution in [3.63, 3.8) is 0 Å². The number of sulfonamides is 1. The summed E-state index contributed by atoms with van der Waals surface area (Å²) < 4.78 is 27.3. The van der Waals surface area contributed by atoms with Crippen LogP contribution in [0.3, 0.4) is 0 Å². The van der Waals surface area contributed by atoms with Crippen LogP contribution in [0.5, 0.6) is 0 Å². The van der Waals surface area contributed by atoms with Gasteiger partial charge in [-0.3, -0.25) is 9.59 Å². The van der Waals surface area contributed by atoms with E-state index < -0.39 is 21.8 Å². The third-order valence-corrected chi connectivity index (χ3v) is 5.74. The minimum Gasteiger partial charge on any atom is -0.345 e. The van der Waals surface area contributed by atoms with Crippen molar-refractivity contribution in [1.29, 1.82) is 0 Å². The molecule has 0 bridgehead atoms. The Bertz CT molecular complexity index is 968. The first-order valence-corrected chi connectivity index (χ1v) is 9.90. The van der Waals surface area contributed by atoms with Gasteiger partial charge in [0, 0.05) is 20.3 Å². The third-order valence-electron chi connectivity index (χ3n) is 3.73. The fourth-order valence-electron chi connectivity index (χ4n) is 2.29. The van der Waals surface area contributed by atoms with E-state index in [-0.39, 0.29) is 32.9 Å². The van der Waals surface area contributed by atoms with Gasteiger partial charge in [-0.2, -0.15) is 0 Å². The number of hydrogen-bond donors (Lipinski definition) is 2. The van der Waals surface area contributed by atoms with Crippen molar-refractivity contribution in [2.45, 2.75) is 4.90 Å². The number of carbonyl (C=O) groups is 2. The molecule has 1 aromatic carbocycles. The number of para-hydroxylation sites is 1. The van der Waals surface area contributed by atoms with E-state index in [0.717, 1.165) is 4.90 Å². The second-order valence-electron chi connectivity index (χ2n) is 5.69. The van der Waals surface area contributed by atoms with Crippen molar-refractivity contribution < 1.29 is 18.0 Å². The molecule has 8 nitrogen and oxygen atoms in total. The molecule has 0 saturated heterocycles. The summed E-state index contributed by atoms with van der Waals surface area (Å²) in [6, 6.07) is 6.03. The van der Waals surface area contributed by atoms with Crippen molar-refractivity contribution in [2.75, 3.05) is 26.0 Å². The van der Waals surface area contributed by atoms with Gasteiger partial charge in [-0.15, -0.1) is 0 Å². The van der Waals surface area contributed by atoms with Gasteiger partial charge in [0.15, 0.2) is 0 Å². The Balaban J connectivity index is 2.13. The molecule has 0 saturated carbocycles. The summed E-state index contributed by atoms with van der Waals surface area (Å²) in [5.74, 6) is -1.02. The molecule has 1 heterocycles. The van der Waals surface area contributed by atoms with Gasteiger partial charge in [0.2, 0.25) is 15.9 Å². The number of nitrogens with zero attached hydrogens (tertiary/aromatic N) is 2. The highest BCUT2D eigenvalue weighted by Crippen LogP contribution is 2.29. The molecule has 0 aliphatic heterocycles. The smallest absolute Gasteiger partial charge is 0.270 e.